The molecule has 12 nitrogen and oxygen atoms in total. The zero-order valence-electron chi connectivity index (χ0n) is 24.8. The molecule has 1 fully saturated rings. The molecular formula is C29H34ClN7O5S. The van der Waals surface area contributed by atoms with Gasteiger partial charge in [0.2, 0.25) is 11.9 Å². The lowest BCUT2D eigenvalue weighted by Gasteiger charge is -2.27. The minimum absolute atomic E-state index is 0.188. The molecule has 1 aromatic carbocycles. The van der Waals surface area contributed by atoms with E-state index in [1.54, 1.807) is 65.1 Å². The van der Waals surface area contributed by atoms with Crippen molar-refractivity contribution in [2.45, 2.75) is 45.8 Å². The normalized spacial score (nSPS) is 14.3. The number of nitrogens with zero attached hydrogens (tertiary/aromatic N) is 4. The molecule has 3 aromatic rings. The number of anilines is 2. The van der Waals surface area contributed by atoms with Crippen LogP contribution in [0.4, 0.5) is 21.2 Å². The predicted molar refractivity (Wildman–Crippen MR) is 166 cm³/mol. The molecule has 3 N–H and O–H groups in total. The third-order valence-electron chi connectivity index (χ3n) is 6.45. The van der Waals surface area contributed by atoms with E-state index in [1.165, 1.54) is 28.2 Å². The highest BCUT2D eigenvalue weighted by atomic mass is 35.5. The van der Waals surface area contributed by atoms with Crippen molar-refractivity contribution in [2.24, 2.45) is 0 Å². The van der Waals surface area contributed by atoms with Crippen molar-refractivity contribution in [1.29, 1.82) is 0 Å². The van der Waals surface area contributed by atoms with Gasteiger partial charge in [-0.1, -0.05) is 23.7 Å². The first kappa shape index (κ1) is 31.7. The standard InChI is InChI=1S/C29H34ClN7O5S/c1-28(2,3)42-27(41)36(6)16-22(38)33-18-9-7-8-17(14-18)19-15-32-25(34-23(19)20-10-11-21(30)43-20)31-12-13-37-26(40)35-24(39)29(37,4)5/h7-11,14-15H,12-13,16H2,1-6H3,(H,33,38)(H,31,32,34)(H,35,39,40). The second-order valence-electron chi connectivity index (χ2n) is 11.4. The maximum Gasteiger partial charge on any atom is 0.410 e. The first-order valence-corrected chi connectivity index (χ1v) is 14.7. The van der Waals surface area contributed by atoms with E-state index in [1.807, 2.05) is 12.1 Å². The number of rotatable bonds is 9. The lowest BCUT2D eigenvalue weighted by molar-refractivity contribution is -0.125. The molecule has 43 heavy (non-hydrogen) atoms. The summed E-state index contributed by atoms with van der Waals surface area (Å²) >= 11 is 7.60. The molecule has 228 valence electrons. The summed E-state index contributed by atoms with van der Waals surface area (Å²) in [5.41, 5.74) is 0.981. The van der Waals surface area contributed by atoms with Gasteiger partial charge in [0.25, 0.3) is 5.91 Å². The topological polar surface area (TPSA) is 146 Å². The van der Waals surface area contributed by atoms with E-state index in [0.29, 0.717) is 33.8 Å². The number of imide groups is 1. The maximum absolute atomic E-state index is 12.7. The van der Waals surface area contributed by atoms with E-state index >= 15 is 0 Å². The van der Waals surface area contributed by atoms with Crippen LogP contribution in [0.1, 0.15) is 34.6 Å². The number of amides is 5. The molecule has 0 saturated carbocycles. The van der Waals surface area contributed by atoms with Gasteiger partial charge >= 0.3 is 12.1 Å². The van der Waals surface area contributed by atoms with Crippen LogP contribution < -0.4 is 16.0 Å². The molecule has 1 aliphatic heterocycles. The average molecular weight is 628 g/mol. The van der Waals surface area contributed by atoms with Crippen LogP contribution in [-0.2, 0) is 14.3 Å². The Morgan fingerprint density at radius 3 is 2.56 bits per heavy atom. The summed E-state index contributed by atoms with van der Waals surface area (Å²) in [6.07, 6.45) is 1.08. The van der Waals surface area contributed by atoms with Gasteiger partial charge in [-0.25, -0.2) is 19.6 Å². The number of halogens is 1. The van der Waals surface area contributed by atoms with E-state index in [-0.39, 0.29) is 24.9 Å². The summed E-state index contributed by atoms with van der Waals surface area (Å²) in [4.78, 5) is 61.9. The van der Waals surface area contributed by atoms with Gasteiger partial charge in [-0.15, -0.1) is 11.3 Å². The smallest absolute Gasteiger partial charge is 0.410 e. The number of urea groups is 1. The molecule has 0 spiro atoms. The van der Waals surface area contributed by atoms with Gasteiger partial charge in [-0.3, -0.25) is 14.9 Å². The van der Waals surface area contributed by atoms with Crippen LogP contribution in [0.2, 0.25) is 4.34 Å². The summed E-state index contributed by atoms with van der Waals surface area (Å²) in [5.74, 6) is -0.395. The van der Waals surface area contributed by atoms with Crippen LogP contribution in [0.5, 0.6) is 0 Å². The Kier molecular flexibility index (Phi) is 9.26. The quantitative estimate of drug-likeness (QED) is 0.279. The Hall–Kier alpha value is -4.23. The molecule has 0 radical (unpaired) electrons. The number of thiophene rings is 1. The summed E-state index contributed by atoms with van der Waals surface area (Å²) in [6, 6.07) is 10.4. The predicted octanol–water partition coefficient (Wildman–Crippen LogP) is 5.07. The Labute approximate surface area is 258 Å². The molecule has 2 aromatic heterocycles. The monoisotopic (exact) mass is 627 g/mol. The zero-order chi connectivity index (χ0) is 31.5. The van der Waals surface area contributed by atoms with Crippen LogP contribution in [0.15, 0.2) is 42.6 Å². The third kappa shape index (κ3) is 7.79. The second kappa shape index (κ2) is 12.6. The zero-order valence-corrected chi connectivity index (χ0v) is 26.4. The number of likely N-dealkylation sites (N-methyl/N-ethyl adjacent to an activating group) is 1. The number of hydrogen-bond donors (Lipinski definition) is 3. The number of carbonyl (C=O) groups excluding carboxylic acids is 4. The fourth-order valence-electron chi connectivity index (χ4n) is 4.25. The average Bonchev–Trinajstić information content (AvgIpc) is 3.43. The van der Waals surface area contributed by atoms with E-state index in [9.17, 15) is 19.2 Å². The summed E-state index contributed by atoms with van der Waals surface area (Å²) < 4.78 is 5.90. The van der Waals surface area contributed by atoms with E-state index in [0.717, 1.165) is 10.4 Å². The number of aromatic nitrogens is 2. The highest BCUT2D eigenvalue weighted by molar-refractivity contribution is 7.19. The van der Waals surface area contributed by atoms with Crippen molar-refractivity contribution < 1.29 is 23.9 Å². The van der Waals surface area contributed by atoms with Crippen molar-refractivity contribution in [1.82, 2.24) is 25.1 Å². The molecule has 5 amide bonds. The molecule has 4 rings (SSSR count). The first-order valence-electron chi connectivity index (χ1n) is 13.5. The summed E-state index contributed by atoms with van der Waals surface area (Å²) in [6.45, 7) is 9.04. The molecule has 0 unspecified atom stereocenters. The number of carbonyl (C=O) groups is 4. The Bertz CT molecular complexity index is 1550. The van der Waals surface area contributed by atoms with Gasteiger partial charge in [0, 0.05) is 37.6 Å². The van der Waals surface area contributed by atoms with Crippen LogP contribution >= 0.6 is 22.9 Å². The molecule has 14 heteroatoms. The van der Waals surface area contributed by atoms with Crippen molar-refractivity contribution >= 4 is 58.5 Å². The molecule has 0 atom stereocenters. The Balaban J connectivity index is 1.51. The van der Waals surface area contributed by atoms with Gasteiger partial charge in [-0.2, -0.15) is 0 Å². The lowest BCUT2D eigenvalue weighted by atomic mass is 10.0. The first-order chi connectivity index (χ1) is 20.1. The molecule has 1 saturated heterocycles. The van der Waals surface area contributed by atoms with Crippen LogP contribution in [0.25, 0.3) is 21.7 Å². The Morgan fingerprint density at radius 2 is 1.93 bits per heavy atom. The van der Waals surface area contributed by atoms with Gasteiger partial charge in [0.15, 0.2) is 0 Å². The van der Waals surface area contributed by atoms with Gasteiger partial charge in [-0.05, 0) is 64.4 Å². The second-order valence-corrected chi connectivity index (χ2v) is 13.1. The van der Waals surface area contributed by atoms with Crippen LogP contribution in [0, 0.1) is 0 Å². The van der Waals surface area contributed by atoms with Gasteiger partial charge < -0.3 is 25.2 Å². The van der Waals surface area contributed by atoms with E-state index in [4.69, 9.17) is 21.3 Å². The summed E-state index contributed by atoms with van der Waals surface area (Å²) in [5, 5.41) is 8.29. The van der Waals surface area contributed by atoms with Crippen molar-refractivity contribution in [2.75, 3.05) is 37.3 Å². The Morgan fingerprint density at radius 1 is 1.19 bits per heavy atom. The van der Waals surface area contributed by atoms with Crippen LogP contribution in [-0.4, -0.2) is 81.5 Å². The fourth-order valence-corrected chi connectivity index (χ4v) is 5.29. The SMILES string of the molecule is CN(CC(=O)Nc1cccc(-c2cnc(NCCN3C(=O)NC(=O)C3(C)C)nc2-c2ccc(Cl)s2)c1)C(=O)OC(C)(C)C. The molecular weight excluding hydrogens is 594 g/mol. The highest BCUT2D eigenvalue weighted by Gasteiger charge is 2.45. The van der Waals surface area contributed by atoms with E-state index in [2.05, 4.69) is 20.9 Å². The third-order valence-corrected chi connectivity index (χ3v) is 7.69. The van der Waals surface area contributed by atoms with Crippen molar-refractivity contribution in [3.63, 3.8) is 0 Å². The van der Waals surface area contributed by atoms with Crippen LogP contribution in [0.3, 0.4) is 0 Å². The van der Waals surface area contributed by atoms with Crippen molar-refractivity contribution in [3.05, 3.63) is 46.9 Å². The minimum atomic E-state index is -0.950. The number of ether oxygens (including phenoxy) is 1. The van der Waals surface area contributed by atoms with E-state index < -0.39 is 23.3 Å². The van der Waals surface area contributed by atoms with Gasteiger partial charge in [0.1, 0.15) is 17.7 Å². The number of benzene rings is 1. The molecule has 0 aliphatic carbocycles. The van der Waals surface area contributed by atoms with Crippen molar-refractivity contribution in [3.8, 4) is 21.7 Å². The maximum atomic E-state index is 12.7. The molecule has 3 heterocycles. The molecule has 0 bridgehead atoms. The highest BCUT2D eigenvalue weighted by Crippen LogP contribution is 2.37. The molecule has 1 aliphatic rings. The number of nitrogens with one attached hydrogen (secondary N) is 3. The largest absolute Gasteiger partial charge is 0.444 e. The summed E-state index contributed by atoms with van der Waals surface area (Å²) in [7, 11) is 1.50. The fraction of sp³-hybridized carbons (Fsp3) is 0.379. The van der Waals surface area contributed by atoms with Gasteiger partial charge in [0.05, 0.1) is 14.9 Å². The lowest BCUT2D eigenvalue weighted by Crippen LogP contribution is -2.46. The number of hydrogen-bond acceptors (Lipinski definition) is 9. The minimum Gasteiger partial charge on any atom is -0.444 e.